The van der Waals surface area contributed by atoms with Gasteiger partial charge in [0.05, 0.1) is 0 Å². The lowest BCUT2D eigenvalue weighted by Gasteiger charge is -2.23. The van der Waals surface area contributed by atoms with Crippen LogP contribution in [-0.4, -0.2) is 0 Å². The minimum Gasteiger partial charge on any atom is -0.135 e. The average Bonchev–Trinajstić information content (AvgIpc) is 3.86. The molecule has 0 amide bonds. The normalized spacial score (nSPS) is 14.5. The van der Waals surface area contributed by atoms with Crippen molar-refractivity contribution in [3.05, 3.63) is 204 Å². The lowest BCUT2D eigenvalue weighted by Crippen LogP contribution is -2.14. The van der Waals surface area contributed by atoms with E-state index in [9.17, 15) is 0 Å². The summed E-state index contributed by atoms with van der Waals surface area (Å²) in [6, 6.07) is 69.0. The van der Waals surface area contributed by atoms with Gasteiger partial charge in [0.25, 0.3) is 0 Å². The van der Waals surface area contributed by atoms with Crippen molar-refractivity contribution in [2.45, 2.75) is 38.5 Å². The van der Waals surface area contributed by atoms with Crippen LogP contribution < -0.4 is 0 Å². The first-order valence-electron chi connectivity index (χ1n) is 21.6. The van der Waals surface area contributed by atoms with Crippen LogP contribution in [0.3, 0.4) is 0 Å². The molecule has 2 aliphatic carbocycles. The first-order valence-corrected chi connectivity index (χ1v) is 22.4. The fraction of sp³-hybridized carbons (Fsp3) is 0.100. The summed E-state index contributed by atoms with van der Waals surface area (Å²) in [6.45, 7) is 9.53. The number of thiophene rings is 1. The molecule has 0 radical (unpaired) electrons. The van der Waals surface area contributed by atoms with Crippen molar-refractivity contribution in [1.82, 2.24) is 0 Å². The van der Waals surface area contributed by atoms with Crippen LogP contribution in [0.5, 0.6) is 0 Å². The molecule has 0 spiro atoms. The summed E-state index contributed by atoms with van der Waals surface area (Å²) >= 11 is 1.96. The zero-order valence-electron chi connectivity index (χ0n) is 34.7. The molecular weight excluding hydrogens is 753 g/mol. The Morgan fingerprint density at radius 2 is 0.852 bits per heavy atom. The highest BCUT2D eigenvalue weighted by Gasteiger charge is 2.38. The molecule has 2 aliphatic rings. The highest BCUT2D eigenvalue weighted by molar-refractivity contribution is 7.26. The third-order valence-corrected chi connectivity index (χ3v) is 15.6. The number of hydrogen-bond acceptors (Lipinski definition) is 1. The summed E-state index contributed by atoms with van der Waals surface area (Å²) < 4.78 is 2.78. The van der Waals surface area contributed by atoms with Gasteiger partial charge in [-0.25, -0.2) is 0 Å². The van der Waals surface area contributed by atoms with E-state index >= 15 is 0 Å². The summed E-state index contributed by atoms with van der Waals surface area (Å²) in [5.74, 6) is 0. The van der Waals surface area contributed by atoms with Crippen molar-refractivity contribution in [3.8, 4) is 55.6 Å². The van der Waals surface area contributed by atoms with E-state index in [1.165, 1.54) is 130 Å². The van der Waals surface area contributed by atoms with E-state index in [0.29, 0.717) is 0 Å². The van der Waals surface area contributed by atoms with Gasteiger partial charge >= 0.3 is 0 Å². The maximum atomic E-state index is 2.47. The Morgan fingerprint density at radius 1 is 0.328 bits per heavy atom. The Balaban J connectivity index is 0.909. The predicted molar refractivity (Wildman–Crippen MR) is 263 cm³/mol. The second kappa shape index (κ2) is 12.4. The molecule has 1 aromatic heterocycles. The first-order chi connectivity index (χ1) is 29.8. The molecule has 0 aliphatic heterocycles. The van der Waals surface area contributed by atoms with Crippen molar-refractivity contribution < 1.29 is 0 Å². The zero-order valence-corrected chi connectivity index (χ0v) is 35.5. The van der Waals surface area contributed by atoms with E-state index in [1.807, 2.05) is 11.3 Å². The minimum absolute atomic E-state index is 0.0289. The number of benzene rings is 10. The molecule has 0 fully saturated rings. The Labute approximate surface area is 360 Å². The van der Waals surface area contributed by atoms with Gasteiger partial charge in [0.1, 0.15) is 0 Å². The van der Waals surface area contributed by atoms with E-state index in [2.05, 4.69) is 210 Å². The molecule has 0 atom stereocenters. The van der Waals surface area contributed by atoms with Crippen LogP contribution in [-0.2, 0) is 10.8 Å². The molecule has 13 rings (SSSR count). The molecule has 0 bridgehead atoms. The summed E-state index contributed by atoms with van der Waals surface area (Å²) in [5.41, 5.74) is 18.7. The average molecular weight is 795 g/mol. The second-order valence-electron chi connectivity index (χ2n) is 18.4. The second-order valence-corrected chi connectivity index (χ2v) is 19.4. The molecule has 61 heavy (non-hydrogen) atoms. The van der Waals surface area contributed by atoms with Gasteiger partial charge in [0.2, 0.25) is 0 Å². The molecule has 288 valence electrons. The van der Waals surface area contributed by atoms with Crippen molar-refractivity contribution in [3.63, 3.8) is 0 Å². The lowest BCUT2D eigenvalue weighted by atomic mass is 9.80. The highest BCUT2D eigenvalue weighted by atomic mass is 32.1. The standard InChI is InChI=1S/C60H42S/c1-59(2)51-19-11-9-13-41(51)43-28-27-39(33-53(43)59)56-46-17-7-5-15-44(46)55(45-16-6-8-18-47(45)56)36-23-21-35(22-24-36)37-25-26-38-34-54-50(32-40(38)31-37)49-30-29-48-42-14-10-12-20-52(42)60(3,4)57(48)58(49)61-54/h5-34H,1-4H3. The SMILES string of the molecule is CC1(C)c2ccccc2-c2ccc(-c3c4ccccc4c(-c4ccc(-c5ccc6cc7sc8c9c(ccc8c7cc6c5)-c5ccccc5C9(C)C)cc4)c4ccccc34)cc21. The third kappa shape index (κ3) is 4.81. The lowest BCUT2D eigenvalue weighted by molar-refractivity contribution is 0.660. The van der Waals surface area contributed by atoms with Gasteiger partial charge in [-0.2, -0.15) is 0 Å². The molecule has 0 saturated heterocycles. The van der Waals surface area contributed by atoms with Gasteiger partial charge in [0, 0.05) is 31.0 Å². The van der Waals surface area contributed by atoms with Crippen molar-refractivity contribution >= 4 is 63.8 Å². The maximum absolute atomic E-state index is 2.47. The van der Waals surface area contributed by atoms with Gasteiger partial charge in [-0.1, -0.05) is 185 Å². The highest BCUT2D eigenvalue weighted by Crippen LogP contribution is 2.55. The van der Waals surface area contributed by atoms with E-state index in [4.69, 9.17) is 0 Å². The van der Waals surface area contributed by atoms with Crippen LogP contribution in [0, 0.1) is 0 Å². The monoisotopic (exact) mass is 794 g/mol. The van der Waals surface area contributed by atoms with Gasteiger partial charge in [-0.05, 0) is 134 Å². The molecule has 11 aromatic rings. The third-order valence-electron chi connectivity index (χ3n) is 14.4. The molecule has 0 N–H and O–H groups in total. The zero-order chi connectivity index (χ0) is 40.8. The number of fused-ring (bicyclic) bond motifs is 13. The van der Waals surface area contributed by atoms with Crippen LogP contribution in [0.2, 0.25) is 0 Å². The quantitative estimate of drug-likeness (QED) is 0.156. The Kier molecular flexibility index (Phi) is 7.11. The van der Waals surface area contributed by atoms with Crippen molar-refractivity contribution in [2.75, 3.05) is 0 Å². The molecule has 1 heteroatoms. The molecule has 0 unspecified atom stereocenters. The Bertz CT molecular complexity index is 3630. The van der Waals surface area contributed by atoms with Crippen molar-refractivity contribution in [1.29, 1.82) is 0 Å². The summed E-state index contributed by atoms with van der Waals surface area (Å²) in [4.78, 5) is 0. The maximum Gasteiger partial charge on any atom is 0.0402 e. The fourth-order valence-electron chi connectivity index (χ4n) is 11.4. The van der Waals surface area contributed by atoms with Gasteiger partial charge in [0.15, 0.2) is 0 Å². The van der Waals surface area contributed by atoms with Gasteiger partial charge in [-0.3, -0.25) is 0 Å². The largest absolute Gasteiger partial charge is 0.135 e. The van der Waals surface area contributed by atoms with Crippen LogP contribution in [0.15, 0.2) is 182 Å². The van der Waals surface area contributed by atoms with E-state index in [-0.39, 0.29) is 10.8 Å². The molecule has 10 aromatic carbocycles. The van der Waals surface area contributed by atoms with Gasteiger partial charge < -0.3 is 0 Å². The molecule has 1 heterocycles. The van der Waals surface area contributed by atoms with Gasteiger partial charge in [-0.15, -0.1) is 11.3 Å². The molecule has 0 nitrogen and oxygen atoms in total. The van der Waals surface area contributed by atoms with E-state index in [1.54, 1.807) is 0 Å². The smallest absolute Gasteiger partial charge is 0.0402 e. The summed E-state index contributed by atoms with van der Waals surface area (Å²) in [6.07, 6.45) is 0. The topological polar surface area (TPSA) is 0 Å². The van der Waals surface area contributed by atoms with Crippen LogP contribution in [0.1, 0.15) is 49.9 Å². The van der Waals surface area contributed by atoms with Crippen molar-refractivity contribution in [2.24, 2.45) is 0 Å². The van der Waals surface area contributed by atoms with E-state index < -0.39 is 0 Å². The number of hydrogen-bond donors (Lipinski definition) is 0. The Morgan fingerprint density at radius 3 is 1.54 bits per heavy atom. The fourth-order valence-corrected chi connectivity index (χ4v) is 12.9. The molecular formula is C60H42S. The number of rotatable bonds is 3. The van der Waals surface area contributed by atoms with Crippen LogP contribution >= 0.6 is 11.3 Å². The minimum atomic E-state index is -0.0595. The van der Waals surface area contributed by atoms with Crippen LogP contribution in [0.25, 0.3) is 108 Å². The van der Waals surface area contributed by atoms with E-state index in [0.717, 1.165) is 0 Å². The first kappa shape index (κ1) is 35.0. The van der Waals surface area contributed by atoms with Crippen LogP contribution in [0.4, 0.5) is 0 Å². The Hall–Kier alpha value is -6.80. The summed E-state index contributed by atoms with van der Waals surface area (Å²) in [7, 11) is 0. The summed E-state index contributed by atoms with van der Waals surface area (Å²) in [5, 5.41) is 10.4. The predicted octanol–water partition coefficient (Wildman–Crippen LogP) is 17.1. The molecule has 0 saturated carbocycles.